The molecule has 0 aromatic heterocycles. The lowest BCUT2D eigenvalue weighted by Gasteiger charge is -2.44. The highest BCUT2D eigenvalue weighted by molar-refractivity contribution is 4.88. The van der Waals surface area contributed by atoms with E-state index in [1.54, 1.807) is 0 Å². The molecule has 13 heavy (non-hydrogen) atoms. The molecule has 2 aliphatic rings. The Hall–Kier alpha value is -0.0800. The van der Waals surface area contributed by atoms with Crippen LogP contribution in [0, 0.1) is 17.8 Å². The topological polar surface area (TPSA) is 29.3 Å². The number of piperidine rings is 1. The maximum Gasteiger partial charge on any atom is 0.00216 e. The average molecular weight is 182 g/mol. The summed E-state index contributed by atoms with van der Waals surface area (Å²) < 4.78 is 0. The molecule has 0 bridgehead atoms. The second-order valence-electron chi connectivity index (χ2n) is 4.93. The monoisotopic (exact) mass is 182 g/mol. The van der Waals surface area contributed by atoms with E-state index in [0.717, 1.165) is 24.3 Å². The predicted octanol–water partition coefficient (Wildman–Crippen LogP) is 1.31. The summed E-state index contributed by atoms with van der Waals surface area (Å²) in [4.78, 5) is 2.48. The van der Waals surface area contributed by atoms with Gasteiger partial charge in [-0.25, -0.2) is 0 Å². The summed E-state index contributed by atoms with van der Waals surface area (Å²) in [5.41, 5.74) is 5.85. The Labute approximate surface area is 81.5 Å². The first-order chi connectivity index (χ1) is 6.31. The molecule has 0 radical (unpaired) electrons. The number of fused-ring (bicyclic) bond motifs is 1. The van der Waals surface area contributed by atoms with Gasteiger partial charge in [-0.1, -0.05) is 12.8 Å². The Morgan fingerprint density at radius 3 is 2.77 bits per heavy atom. The molecule has 0 amide bonds. The van der Waals surface area contributed by atoms with Crippen molar-refractivity contribution in [1.82, 2.24) is 4.90 Å². The van der Waals surface area contributed by atoms with Gasteiger partial charge in [-0.05, 0) is 44.2 Å². The number of nitrogens with zero attached hydrogens (tertiary/aromatic N) is 1. The normalized spacial score (nSPS) is 41.5. The fourth-order valence-corrected chi connectivity index (χ4v) is 3.34. The molecule has 1 aliphatic carbocycles. The summed E-state index contributed by atoms with van der Waals surface area (Å²) in [6.07, 6.45) is 5.79. The largest absolute Gasteiger partial charge is 0.330 e. The third-order valence-corrected chi connectivity index (χ3v) is 3.97. The molecule has 2 nitrogen and oxygen atoms in total. The van der Waals surface area contributed by atoms with Crippen molar-refractivity contribution in [1.29, 1.82) is 0 Å². The molecule has 76 valence electrons. The maximum absolute atomic E-state index is 5.85. The van der Waals surface area contributed by atoms with Crippen LogP contribution in [0.2, 0.25) is 0 Å². The molecule has 1 saturated carbocycles. The second-order valence-corrected chi connectivity index (χ2v) is 4.93. The molecular formula is C11H22N2. The lowest BCUT2D eigenvalue weighted by molar-refractivity contribution is 0.0517. The van der Waals surface area contributed by atoms with Crippen LogP contribution in [0.5, 0.6) is 0 Å². The van der Waals surface area contributed by atoms with Crippen molar-refractivity contribution in [3.63, 3.8) is 0 Å². The van der Waals surface area contributed by atoms with Gasteiger partial charge in [0.05, 0.1) is 0 Å². The van der Waals surface area contributed by atoms with Crippen LogP contribution in [0.25, 0.3) is 0 Å². The van der Waals surface area contributed by atoms with E-state index in [9.17, 15) is 0 Å². The minimum absolute atomic E-state index is 0.782. The fraction of sp³-hybridized carbons (Fsp3) is 1.00. The van der Waals surface area contributed by atoms with Gasteiger partial charge in [-0.15, -0.1) is 0 Å². The van der Waals surface area contributed by atoms with Gasteiger partial charge in [0.2, 0.25) is 0 Å². The van der Waals surface area contributed by atoms with Crippen LogP contribution < -0.4 is 5.73 Å². The number of hydrogen-bond acceptors (Lipinski definition) is 2. The minimum atomic E-state index is 0.782. The highest BCUT2D eigenvalue weighted by atomic mass is 15.1. The molecule has 2 heteroatoms. The molecule has 2 fully saturated rings. The third-order valence-electron chi connectivity index (χ3n) is 3.97. The van der Waals surface area contributed by atoms with Crippen LogP contribution in [0.4, 0.5) is 0 Å². The van der Waals surface area contributed by atoms with Gasteiger partial charge in [-0.3, -0.25) is 0 Å². The van der Waals surface area contributed by atoms with Gasteiger partial charge >= 0.3 is 0 Å². The first-order valence-electron chi connectivity index (χ1n) is 5.70. The lowest BCUT2D eigenvalue weighted by atomic mass is 9.70. The highest BCUT2D eigenvalue weighted by Gasteiger charge is 2.35. The van der Waals surface area contributed by atoms with Crippen LogP contribution in [0.15, 0.2) is 0 Å². The molecule has 1 heterocycles. The minimum Gasteiger partial charge on any atom is -0.330 e. The van der Waals surface area contributed by atoms with Crippen LogP contribution in [0.1, 0.15) is 25.7 Å². The number of hydrogen-bond donors (Lipinski definition) is 1. The van der Waals surface area contributed by atoms with Crippen LogP contribution in [-0.4, -0.2) is 31.6 Å². The van der Waals surface area contributed by atoms with Gasteiger partial charge in [0.1, 0.15) is 0 Å². The van der Waals surface area contributed by atoms with Crippen LogP contribution >= 0.6 is 0 Å². The molecule has 0 aromatic rings. The smallest absolute Gasteiger partial charge is 0.00216 e. The van der Waals surface area contributed by atoms with Crippen molar-refractivity contribution in [2.24, 2.45) is 23.5 Å². The third kappa shape index (κ3) is 1.89. The average Bonchev–Trinajstić information content (AvgIpc) is 2.16. The molecule has 3 unspecified atom stereocenters. The maximum atomic E-state index is 5.85. The van der Waals surface area contributed by atoms with Crippen molar-refractivity contribution in [3.05, 3.63) is 0 Å². The van der Waals surface area contributed by atoms with E-state index in [2.05, 4.69) is 11.9 Å². The van der Waals surface area contributed by atoms with E-state index in [1.165, 1.54) is 38.8 Å². The van der Waals surface area contributed by atoms with E-state index in [1.807, 2.05) is 0 Å². The molecule has 3 atom stereocenters. The van der Waals surface area contributed by atoms with Gasteiger partial charge in [0.25, 0.3) is 0 Å². The van der Waals surface area contributed by atoms with Gasteiger partial charge in [0.15, 0.2) is 0 Å². The van der Waals surface area contributed by atoms with E-state index < -0.39 is 0 Å². The zero-order valence-electron chi connectivity index (χ0n) is 8.71. The Bertz CT molecular complexity index is 161. The Balaban J connectivity index is 2.02. The SMILES string of the molecule is CN1CC(CN)C2CCCCC2C1. The zero-order valence-corrected chi connectivity index (χ0v) is 8.71. The van der Waals surface area contributed by atoms with Gasteiger partial charge in [0, 0.05) is 13.1 Å². The van der Waals surface area contributed by atoms with E-state index in [4.69, 9.17) is 5.73 Å². The Morgan fingerprint density at radius 2 is 2.00 bits per heavy atom. The van der Waals surface area contributed by atoms with Crippen molar-refractivity contribution < 1.29 is 0 Å². The molecule has 2 N–H and O–H groups in total. The molecule has 2 rings (SSSR count). The molecule has 1 saturated heterocycles. The predicted molar refractivity (Wildman–Crippen MR) is 55.5 cm³/mol. The first kappa shape index (κ1) is 9.47. The number of likely N-dealkylation sites (tertiary alicyclic amines) is 1. The lowest BCUT2D eigenvalue weighted by Crippen LogP contribution is -2.48. The fourth-order valence-electron chi connectivity index (χ4n) is 3.34. The zero-order chi connectivity index (χ0) is 9.26. The van der Waals surface area contributed by atoms with Crippen molar-refractivity contribution in [2.45, 2.75) is 25.7 Å². The summed E-state index contributed by atoms with van der Waals surface area (Å²) in [5.74, 6) is 2.69. The number of nitrogens with two attached hydrogens (primary N) is 1. The van der Waals surface area contributed by atoms with E-state index in [0.29, 0.717) is 0 Å². The molecule has 0 spiro atoms. The van der Waals surface area contributed by atoms with E-state index >= 15 is 0 Å². The van der Waals surface area contributed by atoms with Crippen LogP contribution in [0.3, 0.4) is 0 Å². The summed E-state index contributed by atoms with van der Waals surface area (Å²) in [6, 6.07) is 0. The van der Waals surface area contributed by atoms with Gasteiger partial charge < -0.3 is 10.6 Å². The summed E-state index contributed by atoms with van der Waals surface area (Å²) in [6.45, 7) is 3.45. The second kappa shape index (κ2) is 3.97. The molecule has 0 aromatic carbocycles. The standard InChI is InChI=1S/C11H22N2/c1-13-7-9-4-2-3-5-11(9)10(6-12)8-13/h9-11H,2-8,12H2,1H3. The van der Waals surface area contributed by atoms with Crippen molar-refractivity contribution >= 4 is 0 Å². The summed E-state index contributed by atoms with van der Waals surface area (Å²) in [5, 5.41) is 0. The first-order valence-corrected chi connectivity index (χ1v) is 5.70. The number of rotatable bonds is 1. The van der Waals surface area contributed by atoms with E-state index in [-0.39, 0.29) is 0 Å². The van der Waals surface area contributed by atoms with Gasteiger partial charge in [-0.2, -0.15) is 0 Å². The Morgan fingerprint density at radius 1 is 1.23 bits per heavy atom. The molecule has 1 aliphatic heterocycles. The van der Waals surface area contributed by atoms with Crippen molar-refractivity contribution in [2.75, 3.05) is 26.7 Å². The van der Waals surface area contributed by atoms with Crippen LogP contribution in [-0.2, 0) is 0 Å². The summed E-state index contributed by atoms with van der Waals surface area (Å²) >= 11 is 0. The highest BCUT2D eigenvalue weighted by Crippen LogP contribution is 2.38. The summed E-state index contributed by atoms with van der Waals surface area (Å²) in [7, 11) is 2.24. The Kier molecular flexibility index (Phi) is 2.89. The molecular weight excluding hydrogens is 160 g/mol. The van der Waals surface area contributed by atoms with Crippen molar-refractivity contribution in [3.8, 4) is 0 Å². The quantitative estimate of drug-likeness (QED) is 0.662.